The van der Waals surface area contributed by atoms with E-state index >= 15 is 0 Å². The monoisotopic (exact) mass is 644 g/mol. The summed E-state index contributed by atoms with van der Waals surface area (Å²) in [7, 11) is 0. The summed E-state index contributed by atoms with van der Waals surface area (Å²) < 4.78 is 66.5. The van der Waals surface area contributed by atoms with E-state index in [1.165, 1.54) is 42.6 Å². The van der Waals surface area contributed by atoms with Crippen LogP contribution in [0.2, 0.25) is 0 Å². The van der Waals surface area contributed by atoms with E-state index in [1.807, 2.05) is 0 Å². The van der Waals surface area contributed by atoms with Gasteiger partial charge in [0.15, 0.2) is 23.9 Å². The highest BCUT2D eigenvalue weighted by molar-refractivity contribution is 5.92. The molecule has 1 amide bonds. The fourth-order valence-electron chi connectivity index (χ4n) is 4.74. The number of hydrogen-bond donors (Lipinski definition) is 1. The summed E-state index contributed by atoms with van der Waals surface area (Å²) in [6.07, 6.45) is -1.32. The molecule has 12 heteroatoms. The third-order valence-corrected chi connectivity index (χ3v) is 6.82. The van der Waals surface area contributed by atoms with E-state index in [2.05, 4.69) is 22.0 Å². The average Bonchev–Trinajstić information content (AvgIpc) is 3.05. The van der Waals surface area contributed by atoms with E-state index in [9.17, 15) is 27.2 Å². The predicted molar refractivity (Wildman–Crippen MR) is 171 cm³/mol. The van der Waals surface area contributed by atoms with Crippen molar-refractivity contribution in [1.29, 1.82) is 0 Å². The average molecular weight is 645 g/mol. The molecule has 0 fully saturated rings. The van der Waals surface area contributed by atoms with Crippen LogP contribution in [0.5, 0.6) is 11.5 Å². The van der Waals surface area contributed by atoms with Crippen LogP contribution < -0.4 is 20.3 Å². The Morgan fingerprint density at radius 3 is 2.51 bits per heavy atom. The number of hydrogen-bond acceptors (Lipinski definition) is 6. The van der Waals surface area contributed by atoms with Crippen molar-refractivity contribution >= 4 is 28.7 Å². The van der Waals surface area contributed by atoms with Crippen molar-refractivity contribution in [2.45, 2.75) is 19.5 Å². The van der Waals surface area contributed by atoms with Gasteiger partial charge in [-0.15, -0.1) is 6.58 Å². The maximum absolute atomic E-state index is 13.6. The molecule has 8 nitrogen and oxygen atoms in total. The number of carbonyl (C=O) groups is 1. The minimum atomic E-state index is -4.61. The zero-order valence-electron chi connectivity index (χ0n) is 25.1. The van der Waals surface area contributed by atoms with Gasteiger partial charge in [-0.05, 0) is 79.6 Å². The number of rotatable bonds is 11. The topological polar surface area (TPSA) is 94.8 Å². The highest BCUT2D eigenvalue weighted by atomic mass is 19.4. The molecule has 47 heavy (non-hydrogen) atoms. The second-order valence-corrected chi connectivity index (χ2v) is 10.2. The van der Waals surface area contributed by atoms with Crippen LogP contribution in [-0.4, -0.2) is 35.0 Å². The normalized spacial score (nSPS) is 11.5. The number of nitrogens with zero attached hydrogens (tertiary/aromatic N) is 3. The molecule has 1 N–H and O–H groups in total. The number of benzene rings is 4. The number of aromatic nitrogens is 2. The van der Waals surface area contributed by atoms with E-state index in [0.29, 0.717) is 28.8 Å². The van der Waals surface area contributed by atoms with Gasteiger partial charge >= 0.3 is 6.18 Å². The molecule has 0 saturated carbocycles. The third kappa shape index (κ3) is 7.72. The molecule has 0 bridgehead atoms. The first-order valence-electron chi connectivity index (χ1n) is 14.4. The number of nitrogens with one attached hydrogen (secondary N) is 1. The molecule has 0 aliphatic heterocycles. The van der Waals surface area contributed by atoms with Crippen LogP contribution in [0.25, 0.3) is 22.3 Å². The van der Waals surface area contributed by atoms with Crippen LogP contribution in [0.1, 0.15) is 23.6 Å². The fourth-order valence-corrected chi connectivity index (χ4v) is 4.74. The van der Waals surface area contributed by atoms with E-state index in [1.54, 1.807) is 49.4 Å². The number of alkyl halides is 3. The van der Waals surface area contributed by atoms with Gasteiger partial charge < -0.3 is 14.8 Å². The summed E-state index contributed by atoms with van der Waals surface area (Å²) in [6.45, 7) is 5.42. The maximum Gasteiger partial charge on any atom is 0.416 e. The van der Waals surface area contributed by atoms with Crippen LogP contribution in [-0.2, 0) is 17.4 Å². The summed E-state index contributed by atoms with van der Waals surface area (Å²) in [5.74, 6) is -0.441. The lowest BCUT2D eigenvalue weighted by Crippen LogP contribution is -2.21. The molecule has 0 atom stereocenters. The molecule has 0 saturated heterocycles. The van der Waals surface area contributed by atoms with Gasteiger partial charge in [0.25, 0.3) is 11.5 Å². The number of allylic oxidation sites excluding steroid dienone is 1. The van der Waals surface area contributed by atoms with E-state index < -0.39 is 29.0 Å². The van der Waals surface area contributed by atoms with Gasteiger partial charge in [0.2, 0.25) is 0 Å². The lowest BCUT2D eigenvalue weighted by atomic mass is 10.1. The summed E-state index contributed by atoms with van der Waals surface area (Å²) in [5, 5.41) is 7.23. The zero-order valence-corrected chi connectivity index (χ0v) is 25.1. The molecule has 0 radical (unpaired) electrons. The molecular formula is C35H28F4N4O4. The first-order valence-corrected chi connectivity index (χ1v) is 14.4. The molecule has 5 aromatic rings. The van der Waals surface area contributed by atoms with E-state index in [0.717, 1.165) is 16.8 Å². The largest absolute Gasteiger partial charge is 0.490 e. The number of fused-ring (bicyclic) bond motifs is 1. The van der Waals surface area contributed by atoms with Crippen molar-refractivity contribution in [2.24, 2.45) is 5.10 Å². The second kappa shape index (κ2) is 14.1. The van der Waals surface area contributed by atoms with Crippen LogP contribution in [0, 0.1) is 5.82 Å². The number of para-hydroxylation sites is 1. The van der Waals surface area contributed by atoms with Gasteiger partial charge in [0.1, 0.15) is 5.82 Å². The minimum absolute atomic E-state index is 0.0461. The number of ether oxygens (including phenoxy) is 2. The Morgan fingerprint density at radius 1 is 1.02 bits per heavy atom. The Morgan fingerprint density at radius 2 is 1.79 bits per heavy atom. The Kier molecular flexibility index (Phi) is 9.79. The molecule has 0 aliphatic rings. The molecule has 1 aromatic heterocycles. The predicted octanol–water partition coefficient (Wildman–Crippen LogP) is 7.25. The highest BCUT2D eigenvalue weighted by Gasteiger charge is 2.31. The standard InChI is InChI=1S/C35H28F4N4O4/c1-3-8-23-17-22(18-30(46-4-2)32(23)47-21-31(44)41-27-15-13-26(36)14-16-27)20-40-43-33(24-9-7-10-25(19-24)35(37,38)39)42-29-12-6-5-11-28(29)34(43)45/h3,5-7,9-20H,1,4,8,21H2,2H3,(H,41,44). The zero-order chi connectivity index (χ0) is 33.6. The number of amides is 1. The lowest BCUT2D eigenvalue weighted by Gasteiger charge is -2.17. The molecule has 1 heterocycles. The van der Waals surface area contributed by atoms with Gasteiger partial charge in [0, 0.05) is 16.8 Å². The Balaban J connectivity index is 1.52. The van der Waals surface area contributed by atoms with Crippen LogP contribution in [0.4, 0.5) is 23.2 Å². The van der Waals surface area contributed by atoms with Crippen LogP contribution in [0.15, 0.2) is 107 Å². The summed E-state index contributed by atoms with van der Waals surface area (Å²) in [6, 6.07) is 19.6. The summed E-state index contributed by atoms with van der Waals surface area (Å²) >= 11 is 0. The van der Waals surface area contributed by atoms with Crippen molar-refractivity contribution in [3.63, 3.8) is 0 Å². The first-order chi connectivity index (χ1) is 22.6. The molecule has 4 aromatic carbocycles. The van der Waals surface area contributed by atoms with Gasteiger partial charge in [-0.25, -0.2) is 9.37 Å². The molecular weight excluding hydrogens is 616 g/mol. The second-order valence-electron chi connectivity index (χ2n) is 10.2. The third-order valence-electron chi connectivity index (χ3n) is 6.82. The van der Waals surface area contributed by atoms with Crippen molar-refractivity contribution in [2.75, 3.05) is 18.5 Å². The Hall–Kier alpha value is -5.78. The Bertz CT molecular complexity index is 2020. The van der Waals surface area contributed by atoms with Gasteiger partial charge in [-0.2, -0.15) is 22.9 Å². The lowest BCUT2D eigenvalue weighted by molar-refractivity contribution is -0.137. The van der Waals surface area contributed by atoms with E-state index in [-0.39, 0.29) is 41.5 Å². The number of carbonyl (C=O) groups excluding carboxylic acids is 1. The molecule has 0 aliphatic carbocycles. The van der Waals surface area contributed by atoms with Crippen LogP contribution >= 0.6 is 0 Å². The molecule has 240 valence electrons. The quantitative estimate of drug-likeness (QED) is 0.0929. The summed E-state index contributed by atoms with van der Waals surface area (Å²) in [4.78, 5) is 30.7. The molecule has 0 spiro atoms. The maximum atomic E-state index is 13.6. The van der Waals surface area contributed by atoms with Gasteiger partial charge in [-0.3, -0.25) is 9.59 Å². The highest BCUT2D eigenvalue weighted by Crippen LogP contribution is 2.34. The number of anilines is 1. The van der Waals surface area contributed by atoms with E-state index in [4.69, 9.17) is 9.47 Å². The van der Waals surface area contributed by atoms with Crippen LogP contribution in [0.3, 0.4) is 0 Å². The van der Waals surface area contributed by atoms with Crippen molar-refractivity contribution < 1.29 is 31.8 Å². The SMILES string of the molecule is C=CCc1cc(C=Nn2c(-c3cccc(C(F)(F)F)c3)nc3ccccc3c2=O)cc(OCC)c1OCC(=O)Nc1ccc(F)cc1. The smallest absolute Gasteiger partial charge is 0.416 e. The van der Waals surface area contributed by atoms with Crippen molar-refractivity contribution in [3.05, 3.63) is 130 Å². The summed E-state index contributed by atoms with van der Waals surface area (Å²) in [5.41, 5.74) is 0.310. The van der Waals surface area contributed by atoms with Gasteiger partial charge in [0.05, 0.1) is 29.3 Å². The van der Waals surface area contributed by atoms with Crippen molar-refractivity contribution in [3.8, 4) is 22.9 Å². The number of halogens is 4. The first kappa shape index (κ1) is 32.6. The fraction of sp³-hybridized carbons (Fsp3) is 0.143. The minimum Gasteiger partial charge on any atom is -0.490 e. The van der Waals surface area contributed by atoms with Gasteiger partial charge in [-0.1, -0.05) is 30.3 Å². The Labute approximate surface area is 266 Å². The molecule has 0 unspecified atom stereocenters. The van der Waals surface area contributed by atoms with Crippen molar-refractivity contribution in [1.82, 2.24) is 9.66 Å². The molecule has 5 rings (SSSR count).